The van der Waals surface area contributed by atoms with Crippen molar-refractivity contribution in [3.05, 3.63) is 23.3 Å². The van der Waals surface area contributed by atoms with Gasteiger partial charge in [0.2, 0.25) is 0 Å². The first kappa shape index (κ1) is 13.9. The van der Waals surface area contributed by atoms with Crippen LogP contribution in [0.5, 0.6) is 0 Å². The van der Waals surface area contributed by atoms with E-state index in [-0.39, 0.29) is 27.8 Å². The van der Waals surface area contributed by atoms with Crippen LogP contribution in [0.3, 0.4) is 0 Å². The summed E-state index contributed by atoms with van der Waals surface area (Å²) in [7, 11) is 0. The fourth-order valence-electron chi connectivity index (χ4n) is 2.08. The van der Waals surface area contributed by atoms with Gasteiger partial charge in [-0.2, -0.15) is 0 Å². The summed E-state index contributed by atoms with van der Waals surface area (Å²) in [6, 6.07) is -0.625. The van der Waals surface area contributed by atoms with E-state index in [0.717, 1.165) is 17.1 Å². The molecule has 1 unspecified atom stereocenters. The van der Waals surface area contributed by atoms with E-state index in [0.29, 0.717) is 0 Å². The normalized spacial score (nSPS) is 24.5. The largest absolute Gasteiger partial charge is 0.410 e. The monoisotopic (exact) mass is 325 g/mol. The summed E-state index contributed by atoms with van der Waals surface area (Å²) in [5.41, 5.74) is 5.41. The van der Waals surface area contributed by atoms with Crippen LogP contribution in [0, 0.1) is 0 Å². The van der Waals surface area contributed by atoms with Gasteiger partial charge in [-0.15, -0.1) is 23.1 Å². The van der Waals surface area contributed by atoms with Gasteiger partial charge in [0.05, 0.1) is 0 Å². The van der Waals surface area contributed by atoms with Crippen molar-refractivity contribution in [1.82, 2.24) is 15.2 Å². The van der Waals surface area contributed by atoms with E-state index in [2.05, 4.69) is 15.5 Å². The highest BCUT2D eigenvalue weighted by Crippen LogP contribution is 2.33. The summed E-state index contributed by atoms with van der Waals surface area (Å²) in [5, 5.41) is 16.2. The van der Waals surface area contributed by atoms with Crippen LogP contribution in [0.25, 0.3) is 0 Å². The second-order valence-corrected chi connectivity index (χ2v) is 6.36. The van der Waals surface area contributed by atoms with Gasteiger partial charge >= 0.3 is 0 Å². The molecule has 0 saturated carbocycles. The van der Waals surface area contributed by atoms with Crippen molar-refractivity contribution in [1.29, 1.82) is 0 Å². The van der Waals surface area contributed by atoms with Crippen LogP contribution < -0.4 is 11.1 Å². The van der Waals surface area contributed by atoms with E-state index < -0.39 is 11.9 Å². The molecule has 0 spiro atoms. The molecular formula is C11H11N5O3S2. The Hall–Kier alpha value is -2.07. The third kappa shape index (κ3) is 2.36. The minimum atomic E-state index is -0.657. The molecular weight excluding hydrogens is 314 g/mol. The first-order valence-corrected chi connectivity index (χ1v) is 7.89. The van der Waals surface area contributed by atoms with Crippen LogP contribution in [-0.4, -0.2) is 49.8 Å². The number of nitrogens with zero attached hydrogens (tertiary/aromatic N) is 3. The zero-order chi connectivity index (χ0) is 15.0. The molecule has 21 heavy (non-hydrogen) atoms. The van der Waals surface area contributed by atoms with Gasteiger partial charge in [0, 0.05) is 17.3 Å². The number of hydrogen-bond acceptors (Lipinski definition) is 8. The average Bonchev–Trinajstić information content (AvgIpc) is 2.91. The number of thiazole rings is 1. The fraction of sp³-hybridized carbons (Fsp3) is 0.273. The van der Waals surface area contributed by atoms with Crippen LogP contribution in [0.4, 0.5) is 5.13 Å². The number of thioether (sulfide) groups is 1. The molecule has 0 radical (unpaired) electrons. The Morgan fingerprint density at radius 3 is 3.10 bits per heavy atom. The molecule has 3 heterocycles. The number of anilines is 1. The number of fused-ring (bicyclic) bond motifs is 1. The molecule has 2 aliphatic rings. The van der Waals surface area contributed by atoms with E-state index in [1.807, 2.05) is 6.08 Å². The third-order valence-corrected chi connectivity index (χ3v) is 4.97. The topological polar surface area (TPSA) is 121 Å². The number of nitrogens with two attached hydrogens (primary N) is 1. The Morgan fingerprint density at radius 2 is 2.43 bits per heavy atom. The smallest absolute Gasteiger partial charge is 0.276 e. The molecule has 2 amide bonds. The summed E-state index contributed by atoms with van der Waals surface area (Å²) in [4.78, 5) is 29.5. The van der Waals surface area contributed by atoms with Gasteiger partial charge in [-0.3, -0.25) is 9.59 Å². The van der Waals surface area contributed by atoms with Crippen LogP contribution >= 0.6 is 23.1 Å². The number of nitrogen functional groups attached to an aromatic ring is 1. The third-order valence-electron chi connectivity index (χ3n) is 3.08. The molecule has 0 aromatic carbocycles. The molecule has 2 aliphatic heterocycles. The number of oxime groups is 1. The summed E-state index contributed by atoms with van der Waals surface area (Å²) in [5.74, 6) is -0.0625. The Bertz CT molecular complexity index is 656. The second kappa shape index (κ2) is 5.37. The quantitative estimate of drug-likeness (QED) is 0.307. The Kier molecular flexibility index (Phi) is 3.55. The van der Waals surface area contributed by atoms with Gasteiger partial charge in [0.1, 0.15) is 17.1 Å². The van der Waals surface area contributed by atoms with Crippen LogP contribution in [-0.2, 0) is 9.59 Å². The Labute approximate surface area is 127 Å². The van der Waals surface area contributed by atoms with Crippen molar-refractivity contribution in [2.45, 2.75) is 11.4 Å². The van der Waals surface area contributed by atoms with Gasteiger partial charge in [-0.25, -0.2) is 4.98 Å². The molecule has 4 N–H and O–H groups in total. The standard InChI is InChI=1S/C11H11N5O3S2/c12-11-13-5(4-21-11)6(15-19)8(17)14-7-9(18)16-2-1-3-20-10(7)16/h1-2,4,7,10,19H,3H2,(H2,12,13)(H,14,17)/t7?,10-/m1/s1. The molecule has 1 fully saturated rings. The number of amides is 2. The number of carbonyl (C=O) groups excluding carboxylic acids is 2. The van der Waals surface area contributed by atoms with Crippen molar-refractivity contribution in [3.63, 3.8) is 0 Å². The van der Waals surface area contributed by atoms with Gasteiger partial charge in [-0.05, 0) is 0 Å². The van der Waals surface area contributed by atoms with E-state index in [1.165, 1.54) is 5.38 Å². The highest BCUT2D eigenvalue weighted by Gasteiger charge is 2.48. The molecule has 1 aromatic heterocycles. The SMILES string of the molecule is Nc1nc(C(=NO)C(=O)NC2C(=O)N3C=CCS[C@H]23)cs1. The van der Waals surface area contributed by atoms with Crippen molar-refractivity contribution in [3.8, 4) is 0 Å². The molecule has 3 rings (SSSR count). The maximum atomic E-state index is 12.1. The molecule has 0 aliphatic carbocycles. The number of nitrogens with one attached hydrogen (secondary N) is 1. The lowest BCUT2D eigenvalue weighted by Crippen LogP contribution is -2.68. The fourth-order valence-corrected chi connectivity index (χ4v) is 3.74. The second-order valence-electron chi connectivity index (χ2n) is 4.32. The molecule has 1 aromatic rings. The number of aromatic nitrogens is 1. The minimum absolute atomic E-state index is 0.119. The maximum absolute atomic E-state index is 12.1. The lowest BCUT2D eigenvalue weighted by molar-refractivity contribution is -0.143. The van der Waals surface area contributed by atoms with Gasteiger partial charge in [-0.1, -0.05) is 11.2 Å². The van der Waals surface area contributed by atoms with Crippen LogP contribution in [0.15, 0.2) is 22.8 Å². The van der Waals surface area contributed by atoms with Crippen molar-refractivity contribution >= 4 is 45.8 Å². The van der Waals surface area contributed by atoms with Crippen LogP contribution in [0.1, 0.15) is 5.69 Å². The zero-order valence-electron chi connectivity index (χ0n) is 10.6. The minimum Gasteiger partial charge on any atom is -0.410 e. The number of carbonyl (C=O) groups is 2. The van der Waals surface area contributed by atoms with E-state index >= 15 is 0 Å². The maximum Gasteiger partial charge on any atom is 0.276 e. The van der Waals surface area contributed by atoms with Gasteiger partial charge in [0.15, 0.2) is 10.8 Å². The Morgan fingerprint density at radius 1 is 1.62 bits per heavy atom. The molecule has 1 saturated heterocycles. The molecule has 10 heteroatoms. The van der Waals surface area contributed by atoms with E-state index in [9.17, 15) is 9.59 Å². The predicted molar refractivity (Wildman–Crippen MR) is 79.0 cm³/mol. The molecule has 2 atom stereocenters. The summed E-state index contributed by atoms with van der Waals surface area (Å²) < 4.78 is 0. The molecule has 110 valence electrons. The predicted octanol–water partition coefficient (Wildman–Crippen LogP) is -0.183. The lowest BCUT2D eigenvalue weighted by Gasteiger charge is -2.46. The average molecular weight is 325 g/mol. The summed E-state index contributed by atoms with van der Waals surface area (Å²) >= 11 is 2.68. The summed E-state index contributed by atoms with van der Waals surface area (Å²) in [6.45, 7) is 0. The highest BCUT2D eigenvalue weighted by molar-refractivity contribution is 8.00. The first-order valence-electron chi connectivity index (χ1n) is 5.96. The first-order chi connectivity index (χ1) is 10.1. The number of rotatable bonds is 3. The lowest BCUT2D eigenvalue weighted by atomic mass is 10.1. The van der Waals surface area contributed by atoms with Crippen molar-refractivity contribution in [2.75, 3.05) is 11.5 Å². The Balaban J connectivity index is 1.72. The van der Waals surface area contributed by atoms with E-state index in [4.69, 9.17) is 10.9 Å². The highest BCUT2D eigenvalue weighted by atomic mass is 32.2. The van der Waals surface area contributed by atoms with Gasteiger partial charge in [0.25, 0.3) is 11.8 Å². The van der Waals surface area contributed by atoms with Gasteiger partial charge < -0.3 is 21.2 Å². The molecule has 0 bridgehead atoms. The van der Waals surface area contributed by atoms with Crippen molar-refractivity contribution < 1.29 is 14.8 Å². The van der Waals surface area contributed by atoms with E-state index in [1.54, 1.807) is 22.9 Å². The van der Waals surface area contributed by atoms with Crippen LogP contribution in [0.2, 0.25) is 0 Å². The summed E-state index contributed by atoms with van der Waals surface area (Å²) in [6.07, 6.45) is 3.60. The number of β-lactam (4-membered cyclic amide) rings is 1. The van der Waals surface area contributed by atoms with Crippen molar-refractivity contribution in [2.24, 2.45) is 5.16 Å². The zero-order valence-corrected chi connectivity index (χ0v) is 12.2. The molecule has 8 nitrogen and oxygen atoms in total. The number of hydrogen-bond donors (Lipinski definition) is 3.